The van der Waals surface area contributed by atoms with Gasteiger partial charge < -0.3 is 10.4 Å². The number of aromatic nitrogens is 2. The number of hydrogen-bond donors (Lipinski definition) is 3. The summed E-state index contributed by atoms with van der Waals surface area (Å²) in [7, 11) is 0. The number of halogens is 2. The van der Waals surface area contributed by atoms with E-state index in [-0.39, 0.29) is 17.5 Å². The van der Waals surface area contributed by atoms with Gasteiger partial charge in [-0.1, -0.05) is 17.7 Å². The van der Waals surface area contributed by atoms with Crippen LogP contribution in [0.25, 0.3) is 0 Å². The first-order valence-corrected chi connectivity index (χ1v) is 6.70. The van der Waals surface area contributed by atoms with Crippen LogP contribution in [0.1, 0.15) is 33.4 Å². The second kappa shape index (κ2) is 6.24. The first kappa shape index (κ1) is 15.5. The number of aliphatic hydroxyl groups excluding tert-OH is 1. The number of aliphatic hydroxyl groups is 1. The number of hydrogen-bond acceptors (Lipinski definition) is 3. The molecule has 0 spiro atoms. The molecule has 21 heavy (non-hydrogen) atoms. The van der Waals surface area contributed by atoms with Gasteiger partial charge in [0, 0.05) is 12.2 Å². The molecular weight excluding hydrogens is 297 g/mol. The van der Waals surface area contributed by atoms with Gasteiger partial charge >= 0.3 is 0 Å². The molecule has 2 aromatic rings. The Kier molecular flexibility index (Phi) is 4.59. The van der Waals surface area contributed by atoms with E-state index in [0.29, 0.717) is 22.5 Å². The number of benzene rings is 1. The van der Waals surface area contributed by atoms with Crippen LogP contribution in [-0.2, 0) is 0 Å². The fourth-order valence-corrected chi connectivity index (χ4v) is 2.12. The van der Waals surface area contributed by atoms with Gasteiger partial charge in [-0.2, -0.15) is 5.10 Å². The first-order valence-electron chi connectivity index (χ1n) is 6.33. The van der Waals surface area contributed by atoms with E-state index in [4.69, 9.17) is 11.6 Å². The number of aromatic amines is 1. The summed E-state index contributed by atoms with van der Waals surface area (Å²) < 4.78 is 13.3. The van der Waals surface area contributed by atoms with Crippen LogP contribution >= 0.6 is 11.6 Å². The fourth-order valence-electron chi connectivity index (χ4n) is 2.00. The lowest BCUT2D eigenvalue weighted by atomic mass is 10.1. The smallest absolute Gasteiger partial charge is 0.255 e. The first-order chi connectivity index (χ1) is 9.90. The molecule has 0 radical (unpaired) electrons. The van der Waals surface area contributed by atoms with Crippen molar-refractivity contribution in [3.63, 3.8) is 0 Å². The maximum Gasteiger partial charge on any atom is 0.255 e. The van der Waals surface area contributed by atoms with E-state index in [1.54, 1.807) is 13.8 Å². The monoisotopic (exact) mass is 311 g/mol. The van der Waals surface area contributed by atoms with Crippen LogP contribution in [0.5, 0.6) is 0 Å². The van der Waals surface area contributed by atoms with Gasteiger partial charge in [0.1, 0.15) is 5.82 Å². The highest BCUT2D eigenvalue weighted by Gasteiger charge is 2.17. The van der Waals surface area contributed by atoms with Crippen molar-refractivity contribution < 1.29 is 14.3 Å². The molecule has 1 atom stereocenters. The Labute approximate surface area is 126 Å². The molecule has 1 aromatic carbocycles. The summed E-state index contributed by atoms with van der Waals surface area (Å²) in [6.07, 6.45) is -1.02. The van der Waals surface area contributed by atoms with E-state index >= 15 is 0 Å². The predicted molar refractivity (Wildman–Crippen MR) is 76.8 cm³/mol. The van der Waals surface area contributed by atoms with Crippen molar-refractivity contribution in [3.05, 3.63) is 51.6 Å². The van der Waals surface area contributed by atoms with Crippen molar-refractivity contribution in [1.29, 1.82) is 0 Å². The zero-order valence-electron chi connectivity index (χ0n) is 11.6. The molecule has 0 fully saturated rings. The van der Waals surface area contributed by atoms with Crippen LogP contribution in [0.15, 0.2) is 18.2 Å². The minimum absolute atomic E-state index is 0.0142. The molecule has 1 unspecified atom stereocenters. The van der Waals surface area contributed by atoms with Crippen LogP contribution in [0, 0.1) is 19.7 Å². The molecule has 5 nitrogen and oxygen atoms in total. The zero-order chi connectivity index (χ0) is 15.6. The summed E-state index contributed by atoms with van der Waals surface area (Å²) in [6.45, 7) is 3.41. The Balaban J connectivity index is 2.02. The van der Waals surface area contributed by atoms with Crippen molar-refractivity contribution in [1.82, 2.24) is 15.5 Å². The summed E-state index contributed by atoms with van der Waals surface area (Å²) >= 11 is 5.58. The highest BCUT2D eigenvalue weighted by atomic mass is 35.5. The van der Waals surface area contributed by atoms with Crippen LogP contribution < -0.4 is 5.32 Å². The summed E-state index contributed by atoms with van der Waals surface area (Å²) in [5.41, 5.74) is 2.02. The van der Waals surface area contributed by atoms with Crippen LogP contribution in [0.3, 0.4) is 0 Å². The summed E-state index contributed by atoms with van der Waals surface area (Å²) in [4.78, 5) is 12.0. The highest BCUT2D eigenvalue weighted by Crippen LogP contribution is 2.20. The lowest BCUT2D eigenvalue weighted by Gasteiger charge is -2.13. The van der Waals surface area contributed by atoms with Gasteiger partial charge in [0.05, 0.1) is 22.4 Å². The lowest BCUT2D eigenvalue weighted by molar-refractivity contribution is 0.0915. The topological polar surface area (TPSA) is 78.0 Å². The fraction of sp³-hybridized carbons (Fsp3) is 0.286. The minimum atomic E-state index is -1.02. The Morgan fingerprint density at radius 1 is 1.52 bits per heavy atom. The number of amides is 1. The van der Waals surface area contributed by atoms with Crippen molar-refractivity contribution >= 4 is 17.5 Å². The summed E-state index contributed by atoms with van der Waals surface area (Å²) in [5.74, 6) is -0.951. The van der Waals surface area contributed by atoms with Gasteiger partial charge in [-0.15, -0.1) is 0 Å². The van der Waals surface area contributed by atoms with Gasteiger partial charge in [-0.05, 0) is 31.5 Å². The number of H-pyrrole nitrogens is 1. The second-order valence-electron chi connectivity index (χ2n) is 4.71. The Morgan fingerprint density at radius 2 is 2.24 bits per heavy atom. The number of carbonyl (C=O) groups excluding carboxylic acids is 1. The standard InChI is InChI=1S/C14H15ClFN3O2/c1-7-13(8(2)19-18-7)14(21)17-6-12(20)9-3-4-10(15)11(16)5-9/h3-5,12,20H,6H2,1-2H3,(H,17,21)(H,18,19). The van der Waals surface area contributed by atoms with Crippen LogP contribution in [0.4, 0.5) is 4.39 Å². The number of aryl methyl sites for hydroxylation is 2. The lowest BCUT2D eigenvalue weighted by Crippen LogP contribution is -2.29. The average molecular weight is 312 g/mol. The summed E-state index contributed by atoms with van der Waals surface area (Å²) in [5, 5.41) is 19.2. The van der Waals surface area contributed by atoms with E-state index in [9.17, 15) is 14.3 Å². The predicted octanol–water partition coefficient (Wildman–Crippen LogP) is 2.28. The van der Waals surface area contributed by atoms with Crippen LogP contribution in [-0.4, -0.2) is 27.8 Å². The Hall–Kier alpha value is -1.92. The number of nitrogens with one attached hydrogen (secondary N) is 2. The third-order valence-corrected chi connectivity index (χ3v) is 3.45. The van der Waals surface area contributed by atoms with Gasteiger partial charge in [0.15, 0.2) is 0 Å². The highest BCUT2D eigenvalue weighted by molar-refractivity contribution is 6.30. The normalized spacial score (nSPS) is 12.2. The molecule has 2 rings (SSSR count). The number of nitrogens with zero attached hydrogens (tertiary/aromatic N) is 1. The van der Waals surface area contributed by atoms with Crippen molar-refractivity contribution in [2.75, 3.05) is 6.54 Å². The molecule has 1 heterocycles. The molecule has 112 valence electrons. The van der Waals surface area contributed by atoms with E-state index in [2.05, 4.69) is 15.5 Å². The van der Waals surface area contributed by atoms with Gasteiger partial charge in [0.25, 0.3) is 5.91 Å². The molecule has 0 aliphatic heterocycles. The van der Waals surface area contributed by atoms with E-state index in [0.717, 1.165) is 6.07 Å². The van der Waals surface area contributed by atoms with Crippen LogP contribution in [0.2, 0.25) is 5.02 Å². The maximum absolute atomic E-state index is 13.3. The number of carbonyl (C=O) groups is 1. The van der Waals surface area contributed by atoms with Gasteiger partial charge in [0.2, 0.25) is 0 Å². The van der Waals surface area contributed by atoms with Crippen molar-refractivity contribution in [2.24, 2.45) is 0 Å². The molecule has 1 aromatic heterocycles. The van der Waals surface area contributed by atoms with Crippen molar-refractivity contribution in [2.45, 2.75) is 20.0 Å². The quantitative estimate of drug-likeness (QED) is 0.810. The molecule has 0 aliphatic carbocycles. The molecule has 7 heteroatoms. The largest absolute Gasteiger partial charge is 0.387 e. The average Bonchev–Trinajstić information content (AvgIpc) is 2.78. The third-order valence-electron chi connectivity index (χ3n) is 3.14. The van der Waals surface area contributed by atoms with Gasteiger partial charge in [-0.25, -0.2) is 4.39 Å². The molecule has 0 aliphatic rings. The molecular formula is C14H15ClFN3O2. The van der Waals surface area contributed by atoms with E-state index in [1.807, 2.05) is 0 Å². The zero-order valence-corrected chi connectivity index (χ0v) is 12.3. The Bertz CT molecular complexity index is 653. The SMILES string of the molecule is Cc1n[nH]c(C)c1C(=O)NCC(O)c1ccc(Cl)c(F)c1. The minimum Gasteiger partial charge on any atom is -0.387 e. The van der Waals surface area contributed by atoms with Crippen molar-refractivity contribution in [3.8, 4) is 0 Å². The van der Waals surface area contributed by atoms with Gasteiger partial charge in [-0.3, -0.25) is 9.89 Å². The summed E-state index contributed by atoms with van der Waals surface area (Å²) in [6, 6.07) is 4.02. The second-order valence-corrected chi connectivity index (χ2v) is 5.12. The van der Waals surface area contributed by atoms with E-state index < -0.39 is 11.9 Å². The number of rotatable bonds is 4. The molecule has 1 amide bonds. The molecule has 0 saturated heterocycles. The maximum atomic E-state index is 13.3. The molecule has 0 bridgehead atoms. The molecule has 0 saturated carbocycles. The third kappa shape index (κ3) is 3.40. The Morgan fingerprint density at radius 3 is 2.81 bits per heavy atom. The molecule has 3 N–H and O–H groups in total. The van der Waals surface area contributed by atoms with E-state index in [1.165, 1.54) is 12.1 Å².